The summed E-state index contributed by atoms with van der Waals surface area (Å²) in [7, 11) is -18.0. The lowest BCUT2D eigenvalue weighted by molar-refractivity contribution is 0.287. The minimum absolute atomic E-state index is 0.00211. The van der Waals surface area contributed by atoms with E-state index in [9.17, 15) is 33.7 Å². The van der Waals surface area contributed by atoms with Crippen LogP contribution < -0.4 is 0 Å². The minimum atomic E-state index is -4.63. The van der Waals surface area contributed by atoms with Crippen molar-refractivity contribution in [2.75, 3.05) is 24.7 Å². The maximum atomic E-state index is 11.5. The molecule has 0 aromatic carbocycles. The van der Waals surface area contributed by atoms with Crippen LogP contribution in [-0.2, 0) is 56.7 Å². The van der Waals surface area contributed by atoms with Gasteiger partial charge in [-0.1, -0.05) is 12.8 Å². The van der Waals surface area contributed by atoms with Crippen LogP contribution in [0.4, 0.5) is 0 Å². The SMILES string of the molecule is CCOS(=O)(=O)OS(=O)(=O)CCCCCCS(=O)(=O)OS(=O)(=O)OCC. The monoisotopic (exact) mass is 462 g/mol. The molecule has 12 nitrogen and oxygen atoms in total. The molecule has 0 rings (SSSR count). The Kier molecular flexibility index (Phi) is 10.7. The Labute approximate surface area is 154 Å². The molecule has 0 aliphatic rings. The number of hydrogen-bond acceptors (Lipinski definition) is 12. The van der Waals surface area contributed by atoms with E-state index in [0.29, 0.717) is 0 Å². The van der Waals surface area contributed by atoms with Crippen molar-refractivity contribution in [1.29, 1.82) is 0 Å². The predicted octanol–water partition coefficient (Wildman–Crippen LogP) is -0.198. The van der Waals surface area contributed by atoms with Crippen LogP contribution in [0.15, 0.2) is 0 Å². The maximum Gasteiger partial charge on any atom is 0.414 e. The van der Waals surface area contributed by atoms with Crippen LogP contribution in [0, 0.1) is 0 Å². The fraction of sp³-hybridized carbons (Fsp3) is 1.00. The second kappa shape index (κ2) is 10.8. The molecule has 26 heavy (non-hydrogen) atoms. The standard InChI is InChI=1S/C10H22O12S4/c1-3-19-25(15,16)21-23(11,12)9-7-5-6-8-10-24(13,14)22-26(17,18)20-4-2/h3-10H2,1-2H3. The van der Waals surface area contributed by atoms with Crippen molar-refractivity contribution in [1.82, 2.24) is 0 Å². The average molecular weight is 463 g/mol. The van der Waals surface area contributed by atoms with Gasteiger partial charge in [0.15, 0.2) is 0 Å². The fourth-order valence-corrected chi connectivity index (χ4v) is 6.14. The molecular weight excluding hydrogens is 440 g/mol. The van der Waals surface area contributed by atoms with E-state index < -0.39 is 52.5 Å². The fourth-order valence-electron chi connectivity index (χ4n) is 1.56. The van der Waals surface area contributed by atoms with Crippen molar-refractivity contribution in [3.05, 3.63) is 0 Å². The summed E-state index contributed by atoms with van der Waals surface area (Å²) >= 11 is 0. The van der Waals surface area contributed by atoms with E-state index in [1.807, 2.05) is 0 Å². The van der Waals surface area contributed by atoms with Gasteiger partial charge in [-0.3, -0.25) is 0 Å². The zero-order valence-corrected chi connectivity index (χ0v) is 17.5. The van der Waals surface area contributed by atoms with Crippen LogP contribution in [-0.4, -0.2) is 58.4 Å². The van der Waals surface area contributed by atoms with Crippen LogP contribution >= 0.6 is 0 Å². The molecule has 0 N–H and O–H groups in total. The Bertz CT molecular complexity index is 750. The quantitative estimate of drug-likeness (QED) is 0.294. The van der Waals surface area contributed by atoms with Crippen LogP contribution in [0.1, 0.15) is 39.5 Å². The largest absolute Gasteiger partial charge is 0.414 e. The molecule has 0 saturated carbocycles. The highest BCUT2D eigenvalue weighted by atomic mass is 32.3. The van der Waals surface area contributed by atoms with Gasteiger partial charge in [-0.25, -0.2) is 8.37 Å². The summed E-state index contributed by atoms with van der Waals surface area (Å²) in [5.41, 5.74) is 0. The third-order valence-corrected chi connectivity index (χ3v) is 8.06. The highest BCUT2D eigenvalue weighted by molar-refractivity contribution is 7.98. The zero-order chi connectivity index (χ0) is 20.5. The summed E-state index contributed by atoms with van der Waals surface area (Å²) in [5.74, 6) is -1.22. The summed E-state index contributed by atoms with van der Waals surface area (Å²) in [6.07, 6.45) is 0.459. The van der Waals surface area contributed by atoms with Crippen molar-refractivity contribution in [2.24, 2.45) is 0 Å². The molecule has 0 aromatic rings. The number of hydrogen-bond donors (Lipinski definition) is 0. The van der Waals surface area contributed by atoms with Gasteiger partial charge in [0.2, 0.25) is 0 Å². The Morgan fingerprint density at radius 1 is 0.538 bits per heavy atom. The molecule has 0 heterocycles. The molecule has 0 amide bonds. The van der Waals surface area contributed by atoms with Gasteiger partial charge >= 0.3 is 20.8 Å². The van der Waals surface area contributed by atoms with E-state index in [1.54, 1.807) is 0 Å². The lowest BCUT2D eigenvalue weighted by Crippen LogP contribution is -2.19. The molecule has 0 unspecified atom stereocenters. The summed E-state index contributed by atoms with van der Waals surface area (Å²) in [6, 6.07) is 0. The van der Waals surface area contributed by atoms with E-state index in [-0.39, 0.29) is 38.9 Å². The topological polar surface area (TPSA) is 173 Å². The molecule has 0 aliphatic heterocycles. The first-order chi connectivity index (χ1) is 11.7. The average Bonchev–Trinajstić information content (AvgIpc) is 2.39. The second-order valence-electron chi connectivity index (χ2n) is 4.70. The van der Waals surface area contributed by atoms with E-state index in [4.69, 9.17) is 0 Å². The van der Waals surface area contributed by atoms with E-state index in [2.05, 4.69) is 15.6 Å². The molecule has 158 valence electrons. The molecule has 0 fully saturated rings. The second-order valence-corrected chi connectivity index (χ2v) is 10.9. The minimum Gasteiger partial charge on any atom is -0.248 e. The molecule has 0 bridgehead atoms. The van der Waals surface area contributed by atoms with Gasteiger partial charge in [-0.2, -0.15) is 33.7 Å². The summed E-state index contributed by atoms with van der Waals surface area (Å²) in [6.45, 7) is 2.11. The normalized spacial score (nSPS) is 13.8. The zero-order valence-electron chi connectivity index (χ0n) is 14.2. The molecule has 0 radical (unpaired) electrons. The number of rotatable bonds is 15. The van der Waals surface area contributed by atoms with E-state index in [1.165, 1.54) is 13.8 Å². The Balaban J connectivity index is 4.21. The summed E-state index contributed by atoms with van der Waals surface area (Å²) < 4.78 is 106. The third-order valence-electron chi connectivity index (χ3n) is 2.44. The maximum absolute atomic E-state index is 11.5. The predicted molar refractivity (Wildman–Crippen MR) is 89.3 cm³/mol. The molecule has 16 heteroatoms. The first kappa shape index (κ1) is 25.6. The molecule has 0 aliphatic carbocycles. The Hall–Kier alpha value is -0.360. The highest BCUT2D eigenvalue weighted by Crippen LogP contribution is 2.11. The van der Waals surface area contributed by atoms with Gasteiger partial charge in [0, 0.05) is 0 Å². The molecular formula is C10H22O12S4. The molecule has 0 atom stereocenters. The van der Waals surface area contributed by atoms with Gasteiger partial charge < -0.3 is 0 Å². The molecule has 0 saturated heterocycles. The smallest absolute Gasteiger partial charge is 0.248 e. The van der Waals surface area contributed by atoms with Crippen molar-refractivity contribution in [2.45, 2.75) is 39.5 Å². The van der Waals surface area contributed by atoms with E-state index >= 15 is 0 Å². The van der Waals surface area contributed by atoms with Crippen molar-refractivity contribution in [3.63, 3.8) is 0 Å². The first-order valence-corrected chi connectivity index (χ1v) is 13.2. The van der Waals surface area contributed by atoms with Crippen LogP contribution in [0.5, 0.6) is 0 Å². The summed E-state index contributed by atoms with van der Waals surface area (Å²) in [5, 5.41) is 0. The molecule has 0 spiro atoms. The lowest BCUT2D eigenvalue weighted by atomic mass is 10.2. The van der Waals surface area contributed by atoms with Crippen molar-refractivity contribution >= 4 is 41.0 Å². The Morgan fingerprint density at radius 2 is 0.846 bits per heavy atom. The lowest BCUT2D eigenvalue weighted by Gasteiger charge is -2.06. The van der Waals surface area contributed by atoms with Gasteiger partial charge in [0.1, 0.15) is 0 Å². The van der Waals surface area contributed by atoms with Crippen molar-refractivity contribution in [3.8, 4) is 0 Å². The third kappa shape index (κ3) is 12.9. The van der Waals surface area contributed by atoms with Crippen LogP contribution in [0.25, 0.3) is 0 Å². The Morgan fingerprint density at radius 3 is 1.12 bits per heavy atom. The van der Waals surface area contributed by atoms with Crippen LogP contribution in [0.3, 0.4) is 0 Å². The van der Waals surface area contributed by atoms with Gasteiger partial charge in [-0.05, 0) is 26.7 Å². The number of unbranched alkanes of at least 4 members (excludes halogenated alkanes) is 3. The first-order valence-electron chi connectivity index (χ1n) is 7.40. The van der Waals surface area contributed by atoms with E-state index in [0.717, 1.165) is 0 Å². The van der Waals surface area contributed by atoms with Crippen LogP contribution in [0.2, 0.25) is 0 Å². The molecule has 0 aromatic heterocycles. The van der Waals surface area contributed by atoms with Gasteiger partial charge in [0.05, 0.1) is 24.7 Å². The van der Waals surface area contributed by atoms with Gasteiger partial charge in [0.25, 0.3) is 20.2 Å². The highest BCUT2D eigenvalue weighted by Gasteiger charge is 2.24. The van der Waals surface area contributed by atoms with Crippen molar-refractivity contribution < 1.29 is 49.3 Å². The summed E-state index contributed by atoms with van der Waals surface area (Å²) in [4.78, 5) is 0. The van der Waals surface area contributed by atoms with Gasteiger partial charge in [-0.15, -0.1) is 7.26 Å².